The number of amides is 1. The normalized spacial score (nSPS) is 14.8. The van der Waals surface area contributed by atoms with Crippen molar-refractivity contribution >= 4 is 17.6 Å². The smallest absolute Gasteiger partial charge is 0.291 e. The standard InChI is InChI=1S/C17H22N4O3/c1-5-10-8-12-20(9-17(2,3)4)15(23)13(16(24)21(12)19-10)14(22)18-11-6-7-11/h5,8,11,23H,1,6-7,9H2,2-4H3,(H,18,22). The number of aromatic hydroxyl groups is 1. The van der Waals surface area contributed by atoms with Gasteiger partial charge in [0.05, 0.1) is 5.69 Å². The first-order valence-corrected chi connectivity index (χ1v) is 8.00. The van der Waals surface area contributed by atoms with Crippen molar-refractivity contribution in [3.8, 4) is 5.88 Å². The molecule has 0 unspecified atom stereocenters. The summed E-state index contributed by atoms with van der Waals surface area (Å²) in [4.78, 5) is 25.1. The fourth-order valence-electron chi connectivity index (χ4n) is 2.59. The monoisotopic (exact) mass is 330 g/mol. The van der Waals surface area contributed by atoms with E-state index in [-0.39, 0.29) is 22.9 Å². The molecule has 1 saturated carbocycles. The van der Waals surface area contributed by atoms with Crippen LogP contribution in [0.1, 0.15) is 49.7 Å². The maximum absolute atomic E-state index is 12.7. The Kier molecular flexibility index (Phi) is 3.74. The molecule has 2 aromatic rings. The number of rotatable bonds is 4. The lowest BCUT2D eigenvalue weighted by atomic mass is 9.96. The van der Waals surface area contributed by atoms with E-state index in [9.17, 15) is 14.7 Å². The van der Waals surface area contributed by atoms with Crippen LogP contribution in [0.15, 0.2) is 17.4 Å². The van der Waals surface area contributed by atoms with Crippen LogP contribution >= 0.6 is 0 Å². The summed E-state index contributed by atoms with van der Waals surface area (Å²) in [6, 6.07) is 1.76. The van der Waals surface area contributed by atoms with E-state index in [1.165, 1.54) is 6.08 Å². The number of hydrogen-bond acceptors (Lipinski definition) is 4. The molecule has 0 bridgehead atoms. The van der Waals surface area contributed by atoms with E-state index >= 15 is 0 Å². The van der Waals surface area contributed by atoms with E-state index < -0.39 is 11.5 Å². The molecule has 0 aromatic carbocycles. The molecule has 24 heavy (non-hydrogen) atoms. The Morgan fingerprint density at radius 1 is 1.50 bits per heavy atom. The SMILES string of the molecule is C=Cc1cc2n(CC(C)(C)C)c(O)c(C(=O)NC3CC3)c(=O)n2n1. The van der Waals surface area contributed by atoms with E-state index in [1.54, 1.807) is 10.6 Å². The zero-order chi connectivity index (χ0) is 17.6. The number of aromatic nitrogens is 3. The second-order valence-electron chi connectivity index (χ2n) is 7.44. The van der Waals surface area contributed by atoms with Gasteiger partial charge in [-0.25, -0.2) is 0 Å². The summed E-state index contributed by atoms with van der Waals surface area (Å²) >= 11 is 0. The fourth-order valence-corrected chi connectivity index (χ4v) is 2.59. The quantitative estimate of drug-likeness (QED) is 0.894. The summed E-state index contributed by atoms with van der Waals surface area (Å²) in [6.07, 6.45) is 3.31. The van der Waals surface area contributed by atoms with E-state index in [1.807, 2.05) is 20.8 Å². The first-order chi connectivity index (χ1) is 11.2. The van der Waals surface area contributed by atoms with Crippen molar-refractivity contribution in [2.24, 2.45) is 5.41 Å². The molecule has 2 heterocycles. The van der Waals surface area contributed by atoms with Gasteiger partial charge in [0.2, 0.25) is 5.88 Å². The highest BCUT2D eigenvalue weighted by Crippen LogP contribution is 2.26. The van der Waals surface area contributed by atoms with Crippen molar-refractivity contribution in [1.29, 1.82) is 0 Å². The first kappa shape index (κ1) is 16.3. The van der Waals surface area contributed by atoms with Gasteiger partial charge in [-0.1, -0.05) is 27.4 Å². The minimum Gasteiger partial charge on any atom is -0.494 e. The van der Waals surface area contributed by atoms with E-state index in [0.29, 0.717) is 17.9 Å². The van der Waals surface area contributed by atoms with Crippen molar-refractivity contribution in [3.05, 3.63) is 34.3 Å². The molecule has 1 aliphatic rings. The molecule has 1 amide bonds. The van der Waals surface area contributed by atoms with Crippen molar-refractivity contribution < 1.29 is 9.90 Å². The Hall–Kier alpha value is -2.57. The van der Waals surface area contributed by atoms with Gasteiger partial charge in [-0.15, -0.1) is 0 Å². The Morgan fingerprint density at radius 3 is 2.71 bits per heavy atom. The van der Waals surface area contributed by atoms with E-state index in [2.05, 4.69) is 17.0 Å². The van der Waals surface area contributed by atoms with Crippen LogP contribution in [0.2, 0.25) is 0 Å². The number of fused-ring (bicyclic) bond motifs is 1. The Morgan fingerprint density at radius 2 is 2.17 bits per heavy atom. The summed E-state index contributed by atoms with van der Waals surface area (Å²) in [7, 11) is 0. The van der Waals surface area contributed by atoms with E-state index in [0.717, 1.165) is 17.4 Å². The molecule has 1 aliphatic carbocycles. The molecular weight excluding hydrogens is 308 g/mol. The Labute approximate surface area is 139 Å². The maximum atomic E-state index is 12.7. The highest BCUT2D eigenvalue weighted by molar-refractivity contribution is 5.96. The average molecular weight is 330 g/mol. The second kappa shape index (κ2) is 5.51. The summed E-state index contributed by atoms with van der Waals surface area (Å²) < 4.78 is 2.72. The molecule has 2 N–H and O–H groups in total. The van der Waals surface area contributed by atoms with Gasteiger partial charge in [-0.2, -0.15) is 9.61 Å². The highest BCUT2D eigenvalue weighted by atomic mass is 16.3. The molecule has 7 nitrogen and oxygen atoms in total. The Bertz CT molecular complexity index is 882. The summed E-state index contributed by atoms with van der Waals surface area (Å²) in [5.74, 6) is -0.878. The molecule has 0 aliphatic heterocycles. The third kappa shape index (κ3) is 2.93. The first-order valence-electron chi connectivity index (χ1n) is 8.00. The fraction of sp³-hybridized carbons (Fsp3) is 0.471. The lowest BCUT2D eigenvalue weighted by Gasteiger charge is -2.23. The third-order valence-electron chi connectivity index (χ3n) is 3.85. The third-order valence-corrected chi connectivity index (χ3v) is 3.85. The zero-order valence-electron chi connectivity index (χ0n) is 14.2. The van der Waals surface area contributed by atoms with Crippen LogP contribution in [0.3, 0.4) is 0 Å². The minimum atomic E-state index is -0.626. The second-order valence-corrected chi connectivity index (χ2v) is 7.44. The lowest BCUT2D eigenvalue weighted by Crippen LogP contribution is -2.35. The topological polar surface area (TPSA) is 88.6 Å². The van der Waals surface area contributed by atoms with Crippen molar-refractivity contribution in [2.45, 2.75) is 46.2 Å². The summed E-state index contributed by atoms with van der Waals surface area (Å²) in [5, 5.41) is 17.6. The molecule has 0 radical (unpaired) electrons. The van der Waals surface area contributed by atoms with Crippen LogP contribution in [-0.4, -0.2) is 31.2 Å². The number of nitrogens with zero attached hydrogens (tertiary/aromatic N) is 3. The highest BCUT2D eigenvalue weighted by Gasteiger charge is 2.30. The predicted octanol–water partition coefficient (Wildman–Crippen LogP) is 1.78. The number of nitrogens with one attached hydrogen (secondary N) is 1. The number of hydrogen-bond donors (Lipinski definition) is 2. The van der Waals surface area contributed by atoms with Crippen molar-refractivity contribution in [3.63, 3.8) is 0 Å². The number of carbonyl (C=O) groups excluding carboxylic acids is 1. The van der Waals surface area contributed by atoms with Gasteiger partial charge in [0.25, 0.3) is 11.5 Å². The van der Waals surface area contributed by atoms with Gasteiger partial charge < -0.3 is 10.4 Å². The van der Waals surface area contributed by atoms with Crippen LogP contribution < -0.4 is 10.9 Å². The van der Waals surface area contributed by atoms with Crippen LogP contribution in [0, 0.1) is 5.41 Å². The molecule has 1 fully saturated rings. The maximum Gasteiger partial charge on any atom is 0.291 e. The lowest BCUT2D eigenvalue weighted by molar-refractivity contribution is 0.0944. The van der Waals surface area contributed by atoms with Gasteiger partial charge in [0, 0.05) is 18.7 Å². The molecule has 0 spiro atoms. The van der Waals surface area contributed by atoms with Crippen molar-refractivity contribution in [1.82, 2.24) is 19.5 Å². The molecule has 0 atom stereocenters. The van der Waals surface area contributed by atoms with Crippen LogP contribution in [0.5, 0.6) is 5.88 Å². The van der Waals surface area contributed by atoms with Crippen LogP contribution in [0.4, 0.5) is 0 Å². The van der Waals surface area contributed by atoms with Crippen LogP contribution in [-0.2, 0) is 6.54 Å². The molecule has 2 aromatic heterocycles. The summed E-state index contributed by atoms with van der Waals surface area (Å²) in [6.45, 7) is 10.1. The van der Waals surface area contributed by atoms with Gasteiger partial charge in [0.15, 0.2) is 5.56 Å². The zero-order valence-corrected chi connectivity index (χ0v) is 14.2. The largest absolute Gasteiger partial charge is 0.494 e. The molecule has 3 rings (SSSR count). The van der Waals surface area contributed by atoms with Crippen molar-refractivity contribution in [2.75, 3.05) is 0 Å². The number of carbonyl (C=O) groups is 1. The molecule has 128 valence electrons. The van der Waals surface area contributed by atoms with E-state index in [4.69, 9.17) is 0 Å². The average Bonchev–Trinajstić information content (AvgIpc) is 3.17. The molecule has 0 saturated heterocycles. The van der Waals surface area contributed by atoms with Gasteiger partial charge in [-0.3, -0.25) is 14.2 Å². The van der Waals surface area contributed by atoms with Gasteiger partial charge >= 0.3 is 0 Å². The van der Waals surface area contributed by atoms with Crippen LogP contribution in [0.25, 0.3) is 11.7 Å². The predicted molar refractivity (Wildman–Crippen MR) is 91.2 cm³/mol. The minimum absolute atomic E-state index is 0.0874. The van der Waals surface area contributed by atoms with Gasteiger partial charge in [0.1, 0.15) is 5.65 Å². The molecular formula is C17H22N4O3. The molecule has 7 heteroatoms. The summed E-state index contributed by atoms with van der Waals surface area (Å²) in [5.41, 5.74) is -0.119. The van der Waals surface area contributed by atoms with Gasteiger partial charge in [-0.05, 0) is 24.3 Å². The Balaban J connectivity index is 2.25.